The van der Waals surface area contributed by atoms with Gasteiger partial charge in [-0.15, -0.1) is 0 Å². The van der Waals surface area contributed by atoms with Gasteiger partial charge in [-0.3, -0.25) is 14.3 Å². The lowest BCUT2D eigenvalue weighted by Gasteiger charge is -2.19. The van der Waals surface area contributed by atoms with Crippen molar-refractivity contribution in [3.8, 4) is 11.8 Å². The number of aromatic nitrogens is 2. The first-order valence-corrected chi connectivity index (χ1v) is 8.33. The molecule has 8 nitrogen and oxygen atoms in total. The van der Waals surface area contributed by atoms with Gasteiger partial charge >= 0.3 is 5.97 Å². The first kappa shape index (κ1) is 20.0. The van der Waals surface area contributed by atoms with Crippen molar-refractivity contribution >= 4 is 17.6 Å². The van der Waals surface area contributed by atoms with Crippen molar-refractivity contribution in [1.82, 2.24) is 9.78 Å². The Balaban J connectivity index is 2.15. The number of carbonyl (C=O) groups is 2. The van der Waals surface area contributed by atoms with Gasteiger partial charge in [-0.2, -0.15) is 10.4 Å². The van der Waals surface area contributed by atoms with Crippen LogP contribution < -0.4 is 10.1 Å². The number of amides is 1. The normalized spacial score (nSPS) is 10.9. The van der Waals surface area contributed by atoms with E-state index in [2.05, 4.69) is 16.5 Å². The third-order valence-electron chi connectivity index (χ3n) is 3.51. The molecule has 1 amide bonds. The zero-order valence-electron chi connectivity index (χ0n) is 15.7. The highest BCUT2D eigenvalue weighted by Gasteiger charge is 2.17. The summed E-state index contributed by atoms with van der Waals surface area (Å²) in [5.41, 5.74) is 1.38. The Morgan fingerprint density at radius 3 is 2.67 bits per heavy atom. The number of carboxylic acid groups (broad SMARTS) is 1. The fraction of sp³-hybridized carbons (Fsp3) is 0.368. The van der Waals surface area contributed by atoms with Crippen LogP contribution >= 0.6 is 0 Å². The predicted molar refractivity (Wildman–Crippen MR) is 98.7 cm³/mol. The molecular formula is C19H22N4O4. The van der Waals surface area contributed by atoms with Crippen molar-refractivity contribution in [2.45, 2.75) is 34.2 Å². The van der Waals surface area contributed by atoms with E-state index in [-0.39, 0.29) is 17.5 Å². The van der Waals surface area contributed by atoms with Crippen LogP contribution in [0.2, 0.25) is 0 Å². The van der Waals surface area contributed by atoms with Crippen molar-refractivity contribution in [1.29, 1.82) is 5.26 Å². The molecule has 0 unspecified atom stereocenters. The molecule has 8 heteroatoms. The van der Waals surface area contributed by atoms with Crippen LogP contribution in [-0.4, -0.2) is 33.4 Å². The van der Waals surface area contributed by atoms with E-state index in [1.807, 2.05) is 20.8 Å². The third kappa shape index (κ3) is 5.57. The largest absolute Gasteiger partial charge is 0.492 e. The summed E-state index contributed by atoms with van der Waals surface area (Å²) in [4.78, 5) is 23.2. The van der Waals surface area contributed by atoms with Crippen LogP contribution in [0.4, 0.5) is 5.69 Å². The lowest BCUT2D eigenvalue weighted by atomic mass is 9.98. The Bertz CT molecular complexity index is 903. The highest BCUT2D eigenvalue weighted by molar-refractivity contribution is 6.05. The van der Waals surface area contributed by atoms with E-state index >= 15 is 0 Å². The molecule has 0 fully saturated rings. The van der Waals surface area contributed by atoms with Gasteiger partial charge in [0.2, 0.25) is 0 Å². The van der Waals surface area contributed by atoms with Gasteiger partial charge < -0.3 is 15.2 Å². The number of rotatable bonds is 6. The van der Waals surface area contributed by atoms with Gasteiger partial charge in [0.25, 0.3) is 5.91 Å². The maximum atomic E-state index is 12.4. The van der Waals surface area contributed by atoms with Crippen LogP contribution in [0.1, 0.15) is 42.4 Å². The lowest BCUT2D eigenvalue weighted by Crippen LogP contribution is -2.17. The van der Waals surface area contributed by atoms with Crippen molar-refractivity contribution in [2.24, 2.45) is 5.41 Å². The summed E-state index contributed by atoms with van der Waals surface area (Å²) in [6, 6.07) is 6.88. The molecule has 27 heavy (non-hydrogen) atoms. The molecule has 0 aliphatic rings. The van der Waals surface area contributed by atoms with Gasteiger partial charge in [-0.25, -0.2) is 0 Å². The molecule has 0 saturated carbocycles. The molecule has 0 saturated heterocycles. The number of nitrogens with zero attached hydrogens (tertiary/aromatic N) is 3. The zero-order valence-corrected chi connectivity index (χ0v) is 15.7. The number of carbonyl (C=O) groups excluding carboxylic acids is 1. The lowest BCUT2D eigenvalue weighted by molar-refractivity contribution is -0.137. The van der Waals surface area contributed by atoms with E-state index in [0.29, 0.717) is 29.3 Å². The number of hydrogen-bond donors (Lipinski definition) is 2. The van der Waals surface area contributed by atoms with E-state index in [1.165, 1.54) is 16.9 Å². The highest BCUT2D eigenvalue weighted by atomic mass is 16.5. The number of benzene rings is 1. The Hall–Kier alpha value is -3.34. The van der Waals surface area contributed by atoms with Crippen LogP contribution in [0.5, 0.6) is 5.75 Å². The van der Waals surface area contributed by atoms with Crippen molar-refractivity contribution < 1.29 is 19.4 Å². The van der Waals surface area contributed by atoms with Crippen LogP contribution in [0, 0.1) is 23.7 Å². The zero-order chi connectivity index (χ0) is 20.2. The van der Waals surface area contributed by atoms with Gasteiger partial charge in [-0.1, -0.05) is 20.8 Å². The van der Waals surface area contributed by atoms with E-state index < -0.39 is 11.9 Å². The highest BCUT2D eigenvalue weighted by Crippen LogP contribution is 2.25. The molecule has 0 atom stereocenters. The van der Waals surface area contributed by atoms with Crippen molar-refractivity contribution in [3.05, 3.63) is 41.2 Å². The van der Waals surface area contributed by atoms with Crippen LogP contribution in [0.25, 0.3) is 0 Å². The van der Waals surface area contributed by atoms with Gasteiger partial charge in [0.05, 0.1) is 23.4 Å². The number of anilines is 1. The minimum absolute atomic E-state index is 0.0484. The minimum atomic E-state index is -1.05. The fourth-order valence-electron chi connectivity index (χ4n) is 2.27. The molecule has 0 bridgehead atoms. The standard InChI is InChI=1S/C19H22N4O4/c1-12-15(9-23(22-12)10-17(24)25)18(26)21-14-5-6-16(13(7-14)8-20)27-11-19(2,3)4/h5-7,9H,10-11H2,1-4H3,(H,21,26)(H,24,25). The van der Waals surface area contributed by atoms with Crippen LogP contribution in [0.3, 0.4) is 0 Å². The molecule has 2 rings (SSSR count). The quantitative estimate of drug-likeness (QED) is 0.807. The second-order valence-electron chi connectivity index (χ2n) is 7.35. The average Bonchev–Trinajstić information content (AvgIpc) is 2.92. The molecule has 0 spiro atoms. The number of carboxylic acids is 1. The Morgan fingerprint density at radius 1 is 1.37 bits per heavy atom. The van der Waals surface area contributed by atoms with Gasteiger partial charge in [0, 0.05) is 11.9 Å². The summed E-state index contributed by atoms with van der Waals surface area (Å²) in [6.07, 6.45) is 1.38. The third-order valence-corrected chi connectivity index (χ3v) is 3.51. The Labute approximate surface area is 157 Å². The maximum Gasteiger partial charge on any atom is 0.325 e. The molecule has 0 aliphatic carbocycles. The SMILES string of the molecule is Cc1nn(CC(=O)O)cc1C(=O)Nc1ccc(OCC(C)(C)C)c(C#N)c1. The maximum absolute atomic E-state index is 12.4. The first-order valence-electron chi connectivity index (χ1n) is 8.33. The number of hydrogen-bond acceptors (Lipinski definition) is 5. The molecule has 142 valence electrons. The summed E-state index contributed by atoms with van der Waals surface area (Å²) in [5, 5.41) is 24.9. The Morgan fingerprint density at radius 2 is 2.07 bits per heavy atom. The van der Waals surface area contributed by atoms with Gasteiger partial charge in [0.15, 0.2) is 0 Å². The number of aliphatic carboxylic acids is 1. The molecule has 2 N–H and O–H groups in total. The first-order chi connectivity index (χ1) is 12.6. The molecular weight excluding hydrogens is 348 g/mol. The topological polar surface area (TPSA) is 117 Å². The molecule has 1 aromatic heterocycles. The second-order valence-corrected chi connectivity index (χ2v) is 7.35. The van der Waals surface area contributed by atoms with Crippen LogP contribution in [-0.2, 0) is 11.3 Å². The monoisotopic (exact) mass is 370 g/mol. The van der Waals surface area contributed by atoms with E-state index in [1.54, 1.807) is 19.1 Å². The summed E-state index contributed by atoms with van der Waals surface area (Å²) in [6.45, 7) is 7.83. The number of aryl methyl sites for hydroxylation is 1. The molecule has 0 aliphatic heterocycles. The van der Waals surface area contributed by atoms with Crippen molar-refractivity contribution in [3.63, 3.8) is 0 Å². The summed E-state index contributed by atoms with van der Waals surface area (Å²) < 4.78 is 6.88. The summed E-state index contributed by atoms with van der Waals surface area (Å²) in [7, 11) is 0. The van der Waals surface area contributed by atoms with Crippen LogP contribution in [0.15, 0.2) is 24.4 Å². The van der Waals surface area contributed by atoms with E-state index in [4.69, 9.17) is 9.84 Å². The van der Waals surface area contributed by atoms with E-state index in [0.717, 1.165) is 0 Å². The average molecular weight is 370 g/mol. The smallest absolute Gasteiger partial charge is 0.325 e. The molecule has 1 aromatic carbocycles. The predicted octanol–water partition coefficient (Wildman–Crippen LogP) is 2.83. The number of nitrogens with one attached hydrogen (secondary N) is 1. The summed E-state index contributed by atoms with van der Waals surface area (Å²) >= 11 is 0. The molecule has 0 radical (unpaired) electrons. The second kappa shape index (κ2) is 7.91. The van der Waals surface area contributed by atoms with Crippen molar-refractivity contribution in [2.75, 3.05) is 11.9 Å². The number of ether oxygens (including phenoxy) is 1. The minimum Gasteiger partial charge on any atom is -0.492 e. The summed E-state index contributed by atoms with van der Waals surface area (Å²) in [5.74, 6) is -1.03. The number of nitriles is 1. The van der Waals surface area contributed by atoms with Gasteiger partial charge in [0.1, 0.15) is 18.4 Å². The van der Waals surface area contributed by atoms with E-state index in [9.17, 15) is 14.9 Å². The fourth-order valence-corrected chi connectivity index (χ4v) is 2.27. The molecule has 2 aromatic rings. The molecule has 1 heterocycles. The van der Waals surface area contributed by atoms with Gasteiger partial charge in [-0.05, 0) is 30.5 Å². The Kier molecular flexibility index (Phi) is 5.85.